The molecular weight excluding hydrogens is 353 g/mol. The van der Waals surface area contributed by atoms with Gasteiger partial charge in [-0.1, -0.05) is 0 Å². The van der Waals surface area contributed by atoms with E-state index in [2.05, 4.69) is 4.98 Å². The number of hydrogen-bond donors (Lipinski definition) is 0. The molecule has 8 heteroatoms. The third-order valence-corrected chi connectivity index (χ3v) is 4.30. The predicted octanol–water partition coefficient (Wildman–Crippen LogP) is 4.22. The van der Waals surface area contributed by atoms with Crippen molar-refractivity contribution in [2.45, 2.75) is 19.6 Å². The highest BCUT2D eigenvalue weighted by Gasteiger charge is 2.30. The van der Waals surface area contributed by atoms with Crippen LogP contribution in [0.5, 0.6) is 5.75 Å². The molecule has 0 unspecified atom stereocenters. The van der Waals surface area contributed by atoms with Gasteiger partial charge >= 0.3 is 6.18 Å². The zero-order valence-corrected chi connectivity index (χ0v) is 15.0. The highest BCUT2D eigenvalue weighted by Crippen LogP contribution is 2.27. The molecule has 2 aromatic rings. The van der Waals surface area contributed by atoms with E-state index < -0.39 is 12.7 Å². The van der Waals surface area contributed by atoms with Crippen LogP contribution in [-0.4, -0.2) is 49.5 Å². The molecule has 1 aromatic heterocycles. The molecule has 0 spiro atoms. The maximum Gasteiger partial charge on any atom is 0.401 e. The number of rotatable bonds is 9. The topological polar surface area (TPSA) is 34.6 Å². The summed E-state index contributed by atoms with van der Waals surface area (Å²) in [5.74, 6) is 0.777. The number of nitrogens with zero attached hydrogens (tertiary/aromatic N) is 2. The summed E-state index contributed by atoms with van der Waals surface area (Å²) in [7, 11) is 1.47. The van der Waals surface area contributed by atoms with Crippen LogP contribution in [0.2, 0.25) is 0 Å². The summed E-state index contributed by atoms with van der Waals surface area (Å²) in [6.45, 7) is 2.11. The van der Waals surface area contributed by atoms with Crippen LogP contribution in [0.3, 0.4) is 0 Å². The van der Waals surface area contributed by atoms with Crippen LogP contribution in [0.15, 0.2) is 29.6 Å². The minimum Gasteiger partial charge on any atom is -0.494 e. The fraction of sp³-hybridized carbons (Fsp3) is 0.471. The summed E-state index contributed by atoms with van der Waals surface area (Å²) in [4.78, 5) is 5.75. The molecule has 0 amide bonds. The predicted molar refractivity (Wildman–Crippen MR) is 91.9 cm³/mol. The minimum atomic E-state index is -4.25. The Labute approximate surface area is 149 Å². The molecule has 25 heavy (non-hydrogen) atoms. The van der Waals surface area contributed by atoms with Crippen molar-refractivity contribution < 1.29 is 22.6 Å². The van der Waals surface area contributed by atoms with Gasteiger partial charge in [-0.25, -0.2) is 4.98 Å². The molecule has 0 atom stereocenters. The Bertz CT molecular complexity index is 644. The second-order valence-electron chi connectivity index (χ2n) is 5.42. The van der Waals surface area contributed by atoms with E-state index in [9.17, 15) is 13.2 Å². The lowest BCUT2D eigenvalue weighted by Crippen LogP contribution is -2.36. The lowest BCUT2D eigenvalue weighted by atomic mass is 10.2. The minimum absolute atomic E-state index is 0.135. The Morgan fingerprint density at radius 2 is 1.92 bits per heavy atom. The van der Waals surface area contributed by atoms with Crippen molar-refractivity contribution in [2.75, 3.05) is 33.4 Å². The van der Waals surface area contributed by atoms with Crippen molar-refractivity contribution in [2.24, 2.45) is 0 Å². The molecule has 0 saturated carbocycles. The van der Waals surface area contributed by atoms with E-state index in [0.29, 0.717) is 12.3 Å². The Morgan fingerprint density at radius 1 is 1.20 bits per heavy atom. The summed E-state index contributed by atoms with van der Waals surface area (Å²) in [5, 5.41) is 2.57. The van der Waals surface area contributed by atoms with Crippen LogP contribution >= 0.6 is 11.3 Å². The largest absolute Gasteiger partial charge is 0.494 e. The summed E-state index contributed by atoms with van der Waals surface area (Å²) < 4.78 is 48.4. The molecule has 0 aliphatic carbocycles. The summed E-state index contributed by atoms with van der Waals surface area (Å²) >= 11 is 1.41. The molecule has 0 aliphatic heterocycles. The molecule has 138 valence electrons. The monoisotopic (exact) mass is 374 g/mol. The fourth-order valence-corrected chi connectivity index (χ4v) is 3.11. The van der Waals surface area contributed by atoms with Gasteiger partial charge in [-0.3, -0.25) is 4.90 Å². The van der Waals surface area contributed by atoms with Gasteiger partial charge in [0.2, 0.25) is 0 Å². The number of methoxy groups -OCH3 is 1. The average Bonchev–Trinajstić information content (AvgIpc) is 3.01. The SMILES string of the molecule is CCOc1ccc(-c2nc(CN(CCOC)CC(F)(F)F)cs2)cc1. The van der Waals surface area contributed by atoms with E-state index >= 15 is 0 Å². The number of hydrogen-bond acceptors (Lipinski definition) is 5. The van der Waals surface area contributed by atoms with E-state index in [4.69, 9.17) is 9.47 Å². The quantitative estimate of drug-likeness (QED) is 0.658. The number of ether oxygens (including phenoxy) is 2. The molecule has 4 nitrogen and oxygen atoms in total. The van der Waals surface area contributed by atoms with Gasteiger partial charge in [-0.05, 0) is 31.2 Å². The van der Waals surface area contributed by atoms with Crippen molar-refractivity contribution in [1.82, 2.24) is 9.88 Å². The standard InChI is InChI=1S/C17H21F3N2O2S/c1-3-24-15-6-4-13(5-7-15)16-21-14(11-25-16)10-22(8-9-23-2)12-17(18,19)20/h4-7,11H,3,8-10,12H2,1-2H3. The Balaban J connectivity index is 2.05. The molecule has 0 radical (unpaired) electrons. The molecule has 0 saturated heterocycles. The van der Waals surface area contributed by atoms with E-state index in [1.165, 1.54) is 23.3 Å². The first-order valence-electron chi connectivity index (χ1n) is 7.87. The van der Waals surface area contributed by atoms with E-state index in [1.54, 1.807) is 5.38 Å². The summed E-state index contributed by atoms with van der Waals surface area (Å²) in [5.41, 5.74) is 1.54. The van der Waals surface area contributed by atoms with Gasteiger partial charge in [0, 0.05) is 31.1 Å². The highest BCUT2D eigenvalue weighted by molar-refractivity contribution is 7.13. The third-order valence-electron chi connectivity index (χ3n) is 3.36. The van der Waals surface area contributed by atoms with Crippen molar-refractivity contribution in [1.29, 1.82) is 0 Å². The molecule has 0 fully saturated rings. The van der Waals surface area contributed by atoms with Crippen molar-refractivity contribution in [3.63, 3.8) is 0 Å². The second-order valence-corrected chi connectivity index (χ2v) is 6.28. The lowest BCUT2D eigenvalue weighted by Gasteiger charge is -2.22. The van der Waals surface area contributed by atoms with Crippen LogP contribution in [0.1, 0.15) is 12.6 Å². The molecular formula is C17H21F3N2O2S. The third kappa shape index (κ3) is 6.64. The molecule has 1 heterocycles. The van der Waals surface area contributed by atoms with Crippen molar-refractivity contribution in [3.05, 3.63) is 35.3 Å². The zero-order chi connectivity index (χ0) is 18.3. The summed E-state index contributed by atoms with van der Waals surface area (Å²) in [6, 6.07) is 7.50. The molecule has 1 aromatic carbocycles. The number of aromatic nitrogens is 1. The first-order chi connectivity index (χ1) is 11.9. The molecule has 0 bridgehead atoms. The van der Waals surface area contributed by atoms with Gasteiger partial charge in [0.25, 0.3) is 0 Å². The van der Waals surface area contributed by atoms with Gasteiger partial charge in [-0.15, -0.1) is 11.3 Å². The van der Waals surface area contributed by atoms with Crippen LogP contribution < -0.4 is 4.74 Å². The fourth-order valence-electron chi connectivity index (χ4n) is 2.29. The highest BCUT2D eigenvalue weighted by atomic mass is 32.1. The lowest BCUT2D eigenvalue weighted by molar-refractivity contribution is -0.148. The number of thiazole rings is 1. The van der Waals surface area contributed by atoms with Crippen molar-refractivity contribution in [3.8, 4) is 16.3 Å². The first kappa shape index (κ1) is 19.7. The maximum absolute atomic E-state index is 12.7. The van der Waals surface area contributed by atoms with E-state index in [1.807, 2.05) is 31.2 Å². The maximum atomic E-state index is 12.7. The van der Waals surface area contributed by atoms with Gasteiger partial charge in [0.05, 0.1) is 25.5 Å². The van der Waals surface area contributed by atoms with Crippen LogP contribution in [0.25, 0.3) is 10.6 Å². The van der Waals surface area contributed by atoms with Gasteiger partial charge < -0.3 is 9.47 Å². The Morgan fingerprint density at radius 3 is 2.52 bits per heavy atom. The smallest absolute Gasteiger partial charge is 0.401 e. The average molecular weight is 374 g/mol. The molecule has 0 N–H and O–H groups in total. The summed E-state index contributed by atoms with van der Waals surface area (Å²) in [6.07, 6.45) is -4.25. The zero-order valence-electron chi connectivity index (χ0n) is 14.2. The molecule has 2 rings (SSSR count). The van der Waals surface area contributed by atoms with E-state index in [0.717, 1.165) is 16.3 Å². The number of benzene rings is 1. The Kier molecular flexibility index (Phi) is 7.22. The van der Waals surface area contributed by atoms with Crippen LogP contribution in [-0.2, 0) is 11.3 Å². The normalized spacial score (nSPS) is 11.9. The van der Waals surface area contributed by atoms with Crippen LogP contribution in [0, 0.1) is 0 Å². The Hall–Kier alpha value is -1.64. The second kappa shape index (κ2) is 9.17. The van der Waals surface area contributed by atoms with Gasteiger partial charge in [0.15, 0.2) is 0 Å². The van der Waals surface area contributed by atoms with Gasteiger partial charge in [-0.2, -0.15) is 13.2 Å². The number of halogens is 3. The van der Waals surface area contributed by atoms with Crippen LogP contribution in [0.4, 0.5) is 13.2 Å². The number of alkyl halides is 3. The molecule has 0 aliphatic rings. The first-order valence-corrected chi connectivity index (χ1v) is 8.75. The van der Waals surface area contributed by atoms with Gasteiger partial charge in [0.1, 0.15) is 10.8 Å². The van der Waals surface area contributed by atoms with Crippen molar-refractivity contribution >= 4 is 11.3 Å². The van der Waals surface area contributed by atoms with E-state index in [-0.39, 0.29) is 19.7 Å².